The monoisotopic (exact) mass is 336 g/mol. The molecule has 0 spiro atoms. The third-order valence-corrected chi connectivity index (χ3v) is 3.62. The van der Waals surface area contributed by atoms with Crippen molar-refractivity contribution in [3.63, 3.8) is 0 Å². The maximum Gasteiger partial charge on any atom is 0.248 e. The zero-order valence-corrected chi connectivity index (χ0v) is 13.1. The summed E-state index contributed by atoms with van der Waals surface area (Å²) in [5.74, 6) is 0.227. The summed E-state index contributed by atoms with van der Waals surface area (Å²) in [5, 5.41) is 5.51. The molecule has 1 aromatic rings. The van der Waals surface area contributed by atoms with Gasteiger partial charge in [0, 0.05) is 17.5 Å². The van der Waals surface area contributed by atoms with E-state index in [0.29, 0.717) is 17.3 Å². The lowest BCUT2D eigenvalue weighted by molar-refractivity contribution is -0.114. The zero-order chi connectivity index (χ0) is 14.7. The first-order valence-electron chi connectivity index (χ1n) is 6.52. The van der Waals surface area contributed by atoms with Crippen LogP contribution in [0.4, 0.5) is 11.4 Å². The highest BCUT2D eigenvalue weighted by Crippen LogP contribution is 2.36. The van der Waals surface area contributed by atoms with E-state index in [9.17, 15) is 9.59 Å². The number of carbonyl (C=O) groups excluding carboxylic acids is 2. The Morgan fingerprint density at radius 3 is 2.50 bits per heavy atom. The van der Waals surface area contributed by atoms with Crippen LogP contribution in [-0.2, 0) is 9.59 Å². The van der Waals surface area contributed by atoms with Crippen LogP contribution >= 0.6 is 15.9 Å². The number of amides is 2. The smallest absolute Gasteiger partial charge is 0.248 e. The first-order chi connectivity index (χ1) is 9.45. The Morgan fingerprint density at radius 2 is 1.90 bits per heavy atom. The molecule has 1 aromatic carbocycles. The van der Waals surface area contributed by atoms with Gasteiger partial charge in [0.1, 0.15) is 0 Å². The summed E-state index contributed by atoms with van der Waals surface area (Å²) in [4.78, 5) is 23.2. The van der Waals surface area contributed by atoms with Crippen LogP contribution in [0, 0.1) is 5.92 Å². The summed E-state index contributed by atoms with van der Waals surface area (Å²) in [6, 6.07) is 5.33. The molecule has 0 bridgehead atoms. The van der Waals surface area contributed by atoms with Gasteiger partial charge in [-0.2, -0.15) is 0 Å². The van der Waals surface area contributed by atoms with Crippen molar-refractivity contribution in [2.24, 2.45) is 5.92 Å². The van der Waals surface area contributed by atoms with Crippen molar-refractivity contribution in [1.29, 1.82) is 0 Å². The van der Waals surface area contributed by atoms with Gasteiger partial charge in [-0.25, -0.2) is 0 Å². The lowest BCUT2D eigenvalue weighted by Crippen LogP contribution is -2.13. The standard InChI is InChI=1S/C15H17BrN2O2/c1-9(11-3-4-11)7-15(20)18-14-8-12(16)5-6-13(14)17-10(2)19/h5-8,11H,3-4H2,1-2H3,(H,17,19)(H,18,20)/b9-7-. The molecule has 106 valence electrons. The second-order valence-corrected chi connectivity index (χ2v) is 5.94. The van der Waals surface area contributed by atoms with Gasteiger partial charge in [0.25, 0.3) is 0 Å². The number of hydrogen-bond donors (Lipinski definition) is 2. The molecule has 2 N–H and O–H groups in total. The summed E-state index contributed by atoms with van der Waals surface area (Å²) >= 11 is 3.36. The average molecular weight is 337 g/mol. The maximum atomic E-state index is 12.0. The molecule has 1 saturated carbocycles. The fraction of sp³-hybridized carbons (Fsp3) is 0.333. The Hall–Kier alpha value is -1.62. The van der Waals surface area contributed by atoms with Crippen molar-refractivity contribution in [1.82, 2.24) is 0 Å². The van der Waals surface area contributed by atoms with E-state index >= 15 is 0 Å². The number of carbonyl (C=O) groups is 2. The highest BCUT2D eigenvalue weighted by Gasteiger charge is 2.23. The van der Waals surface area contributed by atoms with E-state index in [-0.39, 0.29) is 11.8 Å². The molecule has 2 amide bonds. The summed E-state index contributed by atoms with van der Waals surface area (Å²) in [7, 11) is 0. The summed E-state index contributed by atoms with van der Waals surface area (Å²) in [6.45, 7) is 3.41. The molecule has 0 heterocycles. The number of anilines is 2. The zero-order valence-electron chi connectivity index (χ0n) is 11.5. The van der Waals surface area contributed by atoms with Gasteiger partial charge in [0.2, 0.25) is 11.8 Å². The maximum absolute atomic E-state index is 12.0. The minimum atomic E-state index is -0.174. The van der Waals surface area contributed by atoms with Crippen LogP contribution in [0.1, 0.15) is 26.7 Å². The fourth-order valence-electron chi connectivity index (χ4n) is 1.95. The average Bonchev–Trinajstić information content (AvgIpc) is 3.16. The molecule has 0 aliphatic heterocycles. The summed E-state index contributed by atoms with van der Waals surface area (Å²) < 4.78 is 0.838. The van der Waals surface area contributed by atoms with Gasteiger partial charge >= 0.3 is 0 Å². The number of hydrogen-bond acceptors (Lipinski definition) is 2. The van der Waals surface area contributed by atoms with Crippen LogP contribution in [0.25, 0.3) is 0 Å². The first-order valence-corrected chi connectivity index (χ1v) is 7.31. The van der Waals surface area contributed by atoms with Gasteiger partial charge in [0.15, 0.2) is 0 Å². The van der Waals surface area contributed by atoms with Crippen molar-refractivity contribution in [2.45, 2.75) is 26.7 Å². The molecular weight excluding hydrogens is 320 g/mol. The Kier molecular flexibility index (Phi) is 4.60. The van der Waals surface area contributed by atoms with Gasteiger partial charge in [-0.15, -0.1) is 0 Å². The number of allylic oxidation sites excluding steroid dienone is 1. The SMILES string of the molecule is CC(=O)Nc1ccc(Br)cc1NC(=O)/C=C(/C)C1CC1. The quantitative estimate of drug-likeness (QED) is 0.823. The summed E-state index contributed by atoms with van der Waals surface area (Å²) in [6.07, 6.45) is 3.98. The van der Waals surface area contributed by atoms with Crippen molar-refractivity contribution in [2.75, 3.05) is 10.6 Å². The number of halogens is 1. The molecule has 2 rings (SSSR count). The largest absolute Gasteiger partial charge is 0.325 e. The second-order valence-electron chi connectivity index (χ2n) is 5.02. The lowest BCUT2D eigenvalue weighted by Gasteiger charge is -2.11. The van der Waals surface area contributed by atoms with Crippen molar-refractivity contribution >= 4 is 39.1 Å². The molecule has 1 aliphatic rings. The van der Waals surface area contributed by atoms with Gasteiger partial charge in [-0.1, -0.05) is 21.5 Å². The highest BCUT2D eigenvalue weighted by molar-refractivity contribution is 9.10. The number of nitrogens with one attached hydrogen (secondary N) is 2. The van der Waals surface area contributed by atoms with Crippen LogP contribution in [0.15, 0.2) is 34.3 Å². The number of benzene rings is 1. The molecule has 1 fully saturated rings. The van der Waals surface area contributed by atoms with E-state index in [1.807, 2.05) is 13.0 Å². The van der Waals surface area contributed by atoms with E-state index in [4.69, 9.17) is 0 Å². The van der Waals surface area contributed by atoms with Gasteiger partial charge in [-0.05, 0) is 43.9 Å². The van der Waals surface area contributed by atoms with E-state index in [1.165, 1.54) is 19.8 Å². The minimum Gasteiger partial charge on any atom is -0.325 e. The molecule has 20 heavy (non-hydrogen) atoms. The van der Waals surface area contributed by atoms with E-state index < -0.39 is 0 Å². The molecular formula is C15H17BrN2O2. The molecule has 0 radical (unpaired) electrons. The van der Waals surface area contributed by atoms with Crippen LogP contribution in [-0.4, -0.2) is 11.8 Å². The molecule has 0 aromatic heterocycles. The third-order valence-electron chi connectivity index (χ3n) is 3.13. The molecule has 1 aliphatic carbocycles. The van der Waals surface area contributed by atoms with Crippen molar-refractivity contribution in [3.8, 4) is 0 Å². The van der Waals surface area contributed by atoms with E-state index in [2.05, 4.69) is 26.6 Å². The normalized spacial score (nSPS) is 14.8. The van der Waals surface area contributed by atoms with Crippen molar-refractivity contribution in [3.05, 3.63) is 34.3 Å². The topological polar surface area (TPSA) is 58.2 Å². The van der Waals surface area contributed by atoms with E-state index in [1.54, 1.807) is 18.2 Å². The van der Waals surface area contributed by atoms with Crippen LogP contribution in [0.2, 0.25) is 0 Å². The molecule has 0 saturated heterocycles. The Labute approximate surface area is 126 Å². The predicted octanol–water partition coefficient (Wildman–Crippen LogP) is 3.70. The van der Waals surface area contributed by atoms with Gasteiger partial charge in [0.05, 0.1) is 11.4 Å². The summed E-state index contributed by atoms with van der Waals surface area (Å²) in [5.41, 5.74) is 2.28. The van der Waals surface area contributed by atoms with Crippen LogP contribution in [0.5, 0.6) is 0 Å². The van der Waals surface area contributed by atoms with Gasteiger partial charge < -0.3 is 10.6 Å². The number of rotatable bonds is 4. The van der Waals surface area contributed by atoms with E-state index in [0.717, 1.165) is 10.0 Å². The Bertz CT molecular complexity index is 577. The van der Waals surface area contributed by atoms with Crippen LogP contribution in [0.3, 0.4) is 0 Å². The molecule has 0 atom stereocenters. The molecule has 0 unspecified atom stereocenters. The Morgan fingerprint density at radius 1 is 1.20 bits per heavy atom. The second kappa shape index (κ2) is 6.22. The predicted molar refractivity (Wildman–Crippen MR) is 83.6 cm³/mol. The minimum absolute atomic E-state index is 0.167. The van der Waals surface area contributed by atoms with Crippen LogP contribution < -0.4 is 10.6 Å². The van der Waals surface area contributed by atoms with Crippen molar-refractivity contribution < 1.29 is 9.59 Å². The third kappa shape index (κ3) is 4.20. The Balaban J connectivity index is 2.14. The first kappa shape index (κ1) is 14.8. The fourth-order valence-corrected chi connectivity index (χ4v) is 2.31. The molecule has 5 heteroatoms. The lowest BCUT2D eigenvalue weighted by atomic mass is 10.2. The molecule has 4 nitrogen and oxygen atoms in total. The highest BCUT2D eigenvalue weighted by atomic mass is 79.9. The van der Waals surface area contributed by atoms with Gasteiger partial charge in [-0.3, -0.25) is 9.59 Å².